The molecular weight excluding hydrogens is 268 g/mol. The van der Waals surface area contributed by atoms with Crippen molar-refractivity contribution >= 4 is 17.5 Å². The standard InChI is InChI=1S/C12H19ClN4O2/c1-8(2)19-12-16-10(13)15-11(17-12)14-7-9-5-3-4-6-18-9/h8-9H,3-7H2,1-2H3,(H,14,15,16,17). The van der Waals surface area contributed by atoms with Crippen molar-refractivity contribution in [1.29, 1.82) is 0 Å². The first-order valence-electron chi connectivity index (χ1n) is 6.57. The van der Waals surface area contributed by atoms with E-state index in [0.29, 0.717) is 12.5 Å². The number of ether oxygens (including phenoxy) is 2. The summed E-state index contributed by atoms with van der Waals surface area (Å²) < 4.78 is 11.0. The fourth-order valence-electron chi connectivity index (χ4n) is 1.85. The summed E-state index contributed by atoms with van der Waals surface area (Å²) >= 11 is 5.84. The van der Waals surface area contributed by atoms with E-state index in [4.69, 9.17) is 21.1 Å². The molecule has 0 saturated carbocycles. The van der Waals surface area contributed by atoms with Crippen molar-refractivity contribution in [2.45, 2.75) is 45.3 Å². The maximum Gasteiger partial charge on any atom is 0.322 e. The van der Waals surface area contributed by atoms with Gasteiger partial charge < -0.3 is 14.8 Å². The van der Waals surface area contributed by atoms with E-state index in [0.717, 1.165) is 19.4 Å². The van der Waals surface area contributed by atoms with Gasteiger partial charge in [-0.3, -0.25) is 0 Å². The van der Waals surface area contributed by atoms with Gasteiger partial charge in [0.2, 0.25) is 11.2 Å². The zero-order chi connectivity index (χ0) is 13.7. The fraction of sp³-hybridized carbons (Fsp3) is 0.750. The SMILES string of the molecule is CC(C)Oc1nc(Cl)nc(NCC2CCCCO2)n1. The Kier molecular flexibility index (Phi) is 5.15. The molecule has 0 amide bonds. The molecule has 106 valence electrons. The molecule has 7 heteroatoms. The highest BCUT2D eigenvalue weighted by Gasteiger charge is 2.14. The largest absolute Gasteiger partial charge is 0.461 e. The number of nitrogens with zero attached hydrogens (tertiary/aromatic N) is 3. The lowest BCUT2D eigenvalue weighted by Gasteiger charge is -2.22. The van der Waals surface area contributed by atoms with Gasteiger partial charge in [-0.25, -0.2) is 0 Å². The van der Waals surface area contributed by atoms with Crippen molar-refractivity contribution in [2.24, 2.45) is 0 Å². The Morgan fingerprint density at radius 1 is 1.37 bits per heavy atom. The van der Waals surface area contributed by atoms with Crippen LogP contribution < -0.4 is 10.1 Å². The third kappa shape index (κ3) is 4.80. The highest BCUT2D eigenvalue weighted by atomic mass is 35.5. The highest BCUT2D eigenvalue weighted by molar-refractivity contribution is 6.28. The summed E-state index contributed by atoms with van der Waals surface area (Å²) in [4.78, 5) is 12.1. The molecule has 0 aromatic carbocycles. The Morgan fingerprint density at radius 2 is 2.21 bits per heavy atom. The van der Waals surface area contributed by atoms with Crippen molar-refractivity contribution in [1.82, 2.24) is 15.0 Å². The van der Waals surface area contributed by atoms with Crippen molar-refractivity contribution in [3.05, 3.63) is 5.28 Å². The van der Waals surface area contributed by atoms with Crippen LogP contribution in [0.25, 0.3) is 0 Å². The summed E-state index contributed by atoms with van der Waals surface area (Å²) in [6.45, 7) is 5.30. The van der Waals surface area contributed by atoms with Crippen LogP contribution in [-0.4, -0.2) is 40.3 Å². The summed E-state index contributed by atoms with van der Waals surface area (Å²) in [5.74, 6) is 0.421. The predicted octanol–water partition coefficient (Wildman–Crippen LogP) is 2.29. The molecule has 0 aliphatic carbocycles. The third-order valence-electron chi connectivity index (χ3n) is 2.69. The Morgan fingerprint density at radius 3 is 2.89 bits per heavy atom. The summed E-state index contributed by atoms with van der Waals surface area (Å²) in [7, 11) is 0. The number of nitrogens with one attached hydrogen (secondary N) is 1. The van der Waals surface area contributed by atoms with E-state index in [9.17, 15) is 0 Å². The third-order valence-corrected chi connectivity index (χ3v) is 2.86. The molecule has 2 rings (SSSR count). The van der Waals surface area contributed by atoms with Gasteiger partial charge in [0.1, 0.15) is 0 Å². The molecule has 19 heavy (non-hydrogen) atoms. The Balaban J connectivity index is 1.93. The van der Waals surface area contributed by atoms with Crippen molar-refractivity contribution in [3.63, 3.8) is 0 Å². The number of hydrogen-bond donors (Lipinski definition) is 1. The Bertz CT molecular complexity index is 411. The molecule has 1 saturated heterocycles. The molecule has 1 aromatic rings. The topological polar surface area (TPSA) is 69.2 Å². The van der Waals surface area contributed by atoms with Crippen molar-refractivity contribution in [3.8, 4) is 6.01 Å². The zero-order valence-electron chi connectivity index (χ0n) is 11.2. The number of hydrogen-bond acceptors (Lipinski definition) is 6. The van der Waals surface area contributed by atoms with Gasteiger partial charge in [0.05, 0.1) is 12.2 Å². The van der Waals surface area contributed by atoms with Gasteiger partial charge in [-0.1, -0.05) is 0 Å². The summed E-state index contributed by atoms with van der Waals surface area (Å²) in [5, 5.41) is 3.24. The summed E-state index contributed by atoms with van der Waals surface area (Å²) in [6, 6.07) is 0.238. The zero-order valence-corrected chi connectivity index (χ0v) is 12.0. The quantitative estimate of drug-likeness (QED) is 0.896. The average Bonchev–Trinajstić information content (AvgIpc) is 2.36. The normalized spacial score (nSPS) is 19.5. The van der Waals surface area contributed by atoms with Crippen LogP contribution in [0.2, 0.25) is 5.28 Å². The molecule has 0 radical (unpaired) electrons. The van der Waals surface area contributed by atoms with Gasteiger partial charge in [-0.15, -0.1) is 0 Å². The average molecular weight is 287 g/mol. The monoisotopic (exact) mass is 286 g/mol. The Hall–Kier alpha value is -1.14. The lowest BCUT2D eigenvalue weighted by Crippen LogP contribution is -2.27. The first-order chi connectivity index (χ1) is 9.13. The highest BCUT2D eigenvalue weighted by Crippen LogP contribution is 2.15. The molecule has 6 nitrogen and oxygen atoms in total. The first kappa shape index (κ1) is 14.3. The van der Waals surface area contributed by atoms with E-state index in [1.165, 1.54) is 6.42 Å². The maximum absolute atomic E-state index is 5.84. The van der Waals surface area contributed by atoms with Gasteiger partial charge in [0, 0.05) is 13.2 Å². The molecule has 1 atom stereocenters. The second kappa shape index (κ2) is 6.86. The van der Waals surface area contributed by atoms with Gasteiger partial charge in [0.25, 0.3) is 0 Å². The number of halogens is 1. The number of rotatable bonds is 5. The Labute approximate surface area is 117 Å². The minimum atomic E-state index is -0.00649. The second-order valence-electron chi connectivity index (χ2n) is 4.75. The van der Waals surface area contributed by atoms with E-state index in [1.807, 2.05) is 13.8 Å². The van der Waals surface area contributed by atoms with Crippen LogP contribution in [0.3, 0.4) is 0 Å². The molecule has 1 unspecified atom stereocenters. The lowest BCUT2D eigenvalue weighted by molar-refractivity contribution is 0.0246. The number of anilines is 1. The first-order valence-corrected chi connectivity index (χ1v) is 6.95. The number of aromatic nitrogens is 3. The molecule has 1 N–H and O–H groups in total. The minimum Gasteiger partial charge on any atom is -0.461 e. The van der Waals surface area contributed by atoms with Crippen molar-refractivity contribution in [2.75, 3.05) is 18.5 Å². The van der Waals surface area contributed by atoms with Crippen LogP contribution in [0.5, 0.6) is 6.01 Å². The molecule has 0 bridgehead atoms. The van der Waals surface area contributed by atoms with Crippen LogP contribution in [0.15, 0.2) is 0 Å². The van der Waals surface area contributed by atoms with Crippen LogP contribution in [0, 0.1) is 0 Å². The molecule has 1 aliphatic heterocycles. The molecule has 2 heterocycles. The smallest absolute Gasteiger partial charge is 0.322 e. The molecule has 1 aromatic heterocycles. The fourth-order valence-corrected chi connectivity index (χ4v) is 2.00. The van der Waals surface area contributed by atoms with E-state index < -0.39 is 0 Å². The summed E-state index contributed by atoms with van der Waals surface area (Å²) in [6.07, 6.45) is 3.60. The molecule has 1 fully saturated rings. The van der Waals surface area contributed by atoms with E-state index in [1.54, 1.807) is 0 Å². The van der Waals surface area contributed by atoms with Crippen LogP contribution >= 0.6 is 11.6 Å². The molecular formula is C12H19ClN4O2. The van der Waals surface area contributed by atoms with Gasteiger partial charge >= 0.3 is 6.01 Å². The van der Waals surface area contributed by atoms with Gasteiger partial charge in [-0.2, -0.15) is 15.0 Å². The maximum atomic E-state index is 5.84. The van der Waals surface area contributed by atoms with E-state index in [-0.39, 0.29) is 23.5 Å². The summed E-state index contributed by atoms with van der Waals surface area (Å²) in [5.41, 5.74) is 0. The van der Waals surface area contributed by atoms with Crippen LogP contribution in [0.4, 0.5) is 5.95 Å². The van der Waals surface area contributed by atoms with Crippen molar-refractivity contribution < 1.29 is 9.47 Å². The predicted molar refractivity (Wildman–Crippen MR) is 72.7 cm³/mol. The minimum absolute atomic E-state index is 0.00649. The second-order valence-corrected chi connectivity index (χ2v) is 5.08. The van der Waals surface area contributed by atoms with Crippen LogP contribution in [-0.2, 0) is 4.74 Å². The molecule has 1 aliphatic rings. The van der Waals surface area contributed by atoms with E-state index >= 15 is 0 Å². The van der Waals surface area contributed by atoms with E-state index in [2.05, 4.69) is 20.3 Å². The van der Waals surface area contributed by atoms with Crippen LogP contribution in [0.1, 0.15) is 33.1 Å². The van der Waals surface area contributed by atoms with Gasteiger partial charge in [-0.05, 0) is 44.7 Å². The molecule has 0 spiro atoms. The van der Waals surface area contributed by atoms with Gasteiger partial charge in [0.15, 0.2) is 0 Å². The lowest BCUT2D eigenvalue weighted by atomic mass is 10.1.